The molecule has 0 heterocycles. The number of hydrogen-bond acceptors (Lipinski definition) is 5. The predicted molar refractivity (Wildman–Crippen MR) is 324 cm³/mol. The molecule has 2 atom stereocenters. The van der Waals surface area contributed by atoms with Crippen LogP contribution in [0.4, 0.5) is 0 Å². The summed E-state index contributed by atoms with van der Waals surface area (Å²) >= 11 is 0. The van der Waals surface area contributed by atoms with E-state index in [9.17, 15) is 19.8 Å². The van der Waals surface area contributed by atoms with Gasteiger partial charge in [-0.15, -0.1) is 0 Å². The zero-order valence-electron chi connectivity index (χ0n) is 50.6. The Kier molecular flexibility index (Phi) is 63.4. The van der Waals surface area contributed by atoms with Crippen molar-refractivity contribution in [2.75, 3.05) is 13.2 Å². The van der Waals surface area contributed by atoms with E-state index in [4.69, 9.17) is 4.74 Å². The molecule has 6 heteroatoms. The minimum absolute atomic E-state index is 0.0165. The molecular weight excluding hydrogens is 911 g/mol. The first-order valence-corrected chi connectivity index (χ1v) is 34.3. The highest BCUT2D eigenvalue weighted by molar-refractivity contribution is 5.76. The molecule has 0 aromatic carbocycles. The molecule has 2 unspecified atom stereocenters. The SMILES string of the molecule is CCCCCCCCCCCCCCCCCCCCCCCCC(O)C(CO)NC(=O)CCCCCCCCCCCCCCCCCCCCCCCCCOC(=O)CCCCCCCCCCCCCC. The molecule has 1 amide bonds. The monoisotopic (exact) mass is 1050 g/mol. The van der Waals surface area contributed by atoms with Gasteiger partial charge in [-0.05, 0) is 25.7 Å². The van der Waals surface area contributed by atoms with Crippen LogP contribution in [-0.2, 0) is 14.3 Å². The lowest BCUT2D eigenvalue weighted by atomic mass is 10.0. The summed E-state index contributed by atoms with van der Waals surface area (Å²) in [5.41, 5.74) is 0. The lowest BCUT2D eigenvalue weighted by molar-refractivity contribution is -0.143. The summed E-state index contributed by atoms with van der Waals surface area (Å²) in [6.45, 7) is 5.00. The summed E-state index contributed by atoms with van der Waals surface area (Å²) in [6, 6.07) is -0.541. The summed E-state index contributed by atoms with van der Waals surface area (Å²) in [5, 5.41) is 23.4. The van der Waals surface area contributed by atoms with Crippen LogP contribution in [0.2, 0.25) is 0 Å². The van der Waals surface area contributed by atoms with Gasteiger partial charge in [0.1, 0.15) is 0 Å². The lowest BCUT2D eigenvalue weighted by Crippen LogP contribution is -2.45. The number of unbranched alkanes of at least 4 members (excludes halogenated alkanes) is 54. The number of nitrogens with one attached hydrogen (secondary N) is 1. The number of ether oxygens (including phenoxy) is 1. The fourth-order valence-electron chi connectivity index (χ4n) is 11.2. The number of hydrogen-bond donors (Lipinski definition) is 3. The fraction of sp³-hybridized carbons (Fsp3) is 0.971. The molecule has 0 saturated carbocycles. The first-order valence-electron chi connectivity index (χ1n) is 34.3. The van der Waals surface area contributed by atoms with E-state index in [-0.39, 0.29) is 18.5 Å². The second-order valence-corrected chi connectivity index (χ2v) is 23.9. The number of aliphatic hydroxyl groups is 2. The molecule has 0 aliphatic rings. The first-order chi connectivity index (χ1) is 36.5. The summed E-state index contributed by atoms with van der Waals surface area (Å²) in [4.78, 5) is 24.6. The third-order valence-corrected chi connectivity index (χ3v) is 16.4. The van der Waals surface area contributed by atoms with E-state index in [0.717, 1.165) is 38.5 Å². The minimum Gasteiger partial charge on any atom is -0.466 e. The van der Waals surface area contributed by atoms with Crippen LogP contribution in [0.15, 0.2) is 0 Å². The standard InChI is InChI=1S/C68H135NO5/c1-3-5-7-9-11-13-15-17-18-19-20-21-25-28-31-34-37-40-44-48-52-56-60-66(71)65(64-70)69-67(72)61-57-53-49-45-41-38-35-32-29-26-23-22-24-27-30-33-36-39-43-47-51-55-59-63-74-68(73)62-58-54-50-46-42-16-14-12-10-8-6-4-2/h65-66,70-71H,3-64H2,1-2H3,(H,69,72). The minimum atomic E-state index is -0.664. The molecule has 74 heavy (non-hydrogen) atoms. The zero-order valence-corrected chi connectivity index (χ0v) is 50.6. The fourth-order valence-corrected chi connectivity index (χ4v) is 11.2. The normalized spacial score (nSPS) is 12.4. The van der Waals surface area contributed by atoms with E-state index in [1.807, 2.05) is 0 Å². The Morgan fingerprint density at radius 1 is 0.324 bits per heavy atom. The lowest BCUT2D eigenvalue weighted by Gasteiger charge is -2.22. The molecule has 6 nitrogen and oxygen atoms in total. The number of esters is 1. The van der Waals surface area contributed by atoms with Crippen LogP contribution in [0.3, 0.4) is 0 Å². The van der Waals surface area contributed by atoms with Gasteiger partial charge in [-0.25, -0.2) is 0 Å². The van der Waals surface area contributed by atoms with Gasteiger partial charge >= 0.3 is 5.97 Å². The summed E-state index contributed by atoms with van der Waals surface area (Å²) in [5.74, 6) is -0.0125. The molecule has 0 aromatic heterocycles. The van der Waals surface area contributed by atoms with Gasteiger partial charge in [0.2, 0.25) is 5.91 Å². The van der Waals surface area contributed by atoms with E-state index >= 15 is 0 Å². The number of amides is 1. The highest BCUT2D eigenvalue weighted by atomic mass is 16.5. The maximum atomic E-state index is 12.5. The Morgan fingerprint density at radius 2 is 0.554 bits per heavy atom. The third-order valence-electron chi connectivity index (χ3n) is 16.4. The maximum absolute atomic E-state index is 12.5. The molecule has 0 saturated heterocycles. The van der Waals surface area contributed by atoms with Crippen LogP contribution in [0.5, 0.6) is 0 Å². The van der Waals surface area contributed by atoms with Gasteiger partial charge in [0.05, 0.1) is 25.4 Å². The Bertz CT molecular complexity index is 1070. The molecule has 442 valence electrons. The van der Waals surface area contributed by atoms with Crippen molar-refractivity contribution < 1.29 is 24.5 Å². The molecule has 0 bridgehead atoms. The van der Waals surface area contributed by atoms with Gasteiger partial charge in [0.25, 0.3) is 0 Å². The number of carbonyl (C=O) groups is 2. The van der Waals surface area contributed by atoms with Crippen LogP contribution in [0.1, 0.15) is 399 Å². The van der Waals surface area contributed by atoms with Gasteiger partial charge in [0.15, 0.2) is 0 Å². The second-order valence-electron chi connectivity index (χ2n) is 23.9. The van der Waals surface area contributed by atoms with Crippen molar-refractivity contribution in [3.8, 4) is 0 Å². The molecule has 3 N–H and O–H groups in total. The molecule has 0 rings (SSSR count). The number of rotatable bonds is 65. The molecule has 0 aliphatic heterocycles. The van der Waals surface area contributed by atoms with Crippen LogP contribution in [0.25, 0.3) is 0 Å². The summed E-state index contributed by atoms with van der Waals surface area (Å²) in [7, 11) is 0. The molecular formula is C68H135NO5. The van der Waals surface area contributed by atoms with E-state index in [2.05, 4.69) is 19.2 Å². The largest absolute Gasteiger partial charge is 0.466 e. The smallest absolute Gasteiger partial charge is 0.305 e. The van der Waals surface area contributed by atoms with E-state index in [1.165, 1.54) is 327 Å². The molecule has 0 spiro atoms. The van der Waals surface area contributed by atoms with Gasteiger partial charge in [-0.3, -0.25) is 9.59 Å². The first kappa shape index (κ1) is 72.9. The average Bonchev–Trinajstić information content (AvgIpc) is 3.40. The Morgan fingerprint density at radius 3 is 0.824 bits per heavy atom. The topological polar surface area (TPSA) is 95.9 Å². The van der Waals surface area contributed by atoms with Crippen molar-refractivity contribution in [2.24, 2.45) is 0 Å². The van der Waals surface area contributed by atoms with Crippen molar-refractivity contribution in [1.29, 1.82) is 0 Å². The average molecular weight is 1050 g/mol. The second kappa shape index (κ2) is 64.4. The van der Waals surface area contributed by atoms with Crippen LogP contribution in [0, 0.1) is 0 Å². The Balaban J connectivity index is 3.37. The summed E-state index contributed by atoms with van der Waals surface area (Å²) < 4.78 is 5.48. The van der Waals surface area contributed by atoms with E-state index in [1.54, 1.807) is 0 Å². The molecule has 0 aromatic rings. The number of carbonyl (C=O) groups excluding carboxylic acids is 2. The summed E-state index contributed by atoms with van der Waals surface area (Å²) in [6.07, 6.45) is 77.1. The van der Waals surface area contributed by atoms with E-state index in [0.29, 0.717) is 25.9 Å². The van der Waals surface area contributed by atoms with Crippen LogP contribution < -0.4 is 5.32 Å². The van der Waals surface area contributed by atoms with Crippen molar-refractivity contribution in [2.45, 2.75) is 411 Å². The molecule has 0 fully saturated rings. The van der Waals surface area contributed by atoms with Gasteiger partial charge < -0.3 is 20.3 Å². The van der Waals surface area contributed by atoms with Gasteiger partial charge in [-0.2, -0.15) is 0 Å². The van der Waals surface area contributed by atoms with Gasteiger partial charge in [-0.1, -0.05) is 361 Å². The number of aliphatic hydroxyl groups excluding tert-OH is 2. The van der Waals surface area contributed by atoms with Crippen molar-refractivity contribution in [3.63, 3.8) is 0 Å². The van der Waals surface area contributed by atoms with Crippen molar-refractivity contribution in [1.82, 2.24) is 5.32 Å². The van der Waals surface area contributed by atoms with Crippen molar-refractivity contribution >= 4 is 11.9 Å². The highest BCUT2D eigenvalue weighted by Crippen LogP contribution is 2.19. The molecule has 0 radical (unpaired) electrons. The predicted octanol–water partition coefficient (Wildman–Crippen LogP) is 21.8. The zero-order chi connectivity index (χ0) is 53.6. The van der Waals surface area contributed by atoms with E-state index < -0.39 is 12.1 Å². The maximum Gasteiger partial charge on any atom is 0.305 e. The van der Waals surface area contributed by atoms with Crippen LogP contribution >= 0.6 is 0 Å². The highest BCUT2D eigenvalue weighted by Gasteiger charge is 2.20. The quantitative estimate of drug-likeness (QED) is 0.0417. The van der Waals surface area contributed by atoms with Gasteiger partial charge in [0, 0.05) is 12.8 Å². The third kappa shape index (κ3) is 60.1. The molecule has 0 aliphatic carbocycles. The van der Waals surface area contributed by atoms with Crippen molar-refractivity contribution in [3.05, 3.63) is 0 Å². The van der Waals surface area contributed by atoms with Crippen LogP contribution in [-0.4, -0.2) is 47.4 Å². The Labute approximate surface area is 464 Å². The Hall–Kier alpha value is -1.14.